The molecule has 11 heteroatoms. The predicted octanol–water partition coefficient (Wildman–Crippen LogP) is -0.0843. The van der Waals surface area contributed by atoms with E-state index >= 15 is 0 Å². The lowest BCUT2D eigenvalue weighted by atomic mass is 9.79. The van der Waals surface area contributed by atoms with Crippen LogP contribution in [0.15, 0.2) is 48.5 Å². The summed E-state index contributed by atoms with van der Waals surface area (Å²) in [6, 6.07) is 14.3. The van der Waals surface area contributed by atoms with Gasteiger partial charge in [0.25, 0.3) is 0 Å². The molecule has 1 aliphatic rings. The number of fused-ring (bicyclic) bond motifs is 2. The van der Waals surface area contributed by atoms with Gasteiger partial charge in [-0.1, -0.05) is 30.3 Å². The Morgan fingerprint density at radius 1 is 1.17 bits per heavy atom. The molecular formula is C24H26BN7O3. The predicted molar refractivity (Wildman–Crippen MR) is 134 cm³/mol. The lowest BCUT2D eigenvalue weighted by molar-refractivity contribution is 0.100. The number of nitrogens with one attached hydrogen (secondary N) is 2. The zero-order valence-corrected chi connectivity index (χ0v) is 19.0. The van der Waals surface area contributed by atoms with Crippen LogP contribution in [0.5, 0.6) is 0 Å². The van der Waals surface area contributed by atoms with Crippen molar-refractivity contribution in [3.63, 3.8) is 0 Å². The summed E-state index contributed by atoms with van der Waals surface area (Å²) in [4.78, 5) is 21.7. The van der Waals surface area contributed by atoms with Crippen molar-refractivity contribution in [2.75, 3.05) is 11.9 Å². The van der Waals surface area contributed by atoms with E-state index < -0.39 is 13.0 Å². The Balaban J connectivity index is 1.59. The summed E-state index contributed by atoms with van der Waals surface area (Å²) in [5, 5.41) is 26.4. The second-order valence-corrected chi connectivity index (χ2v) is 8.47. The van der Waals surface area contributed by atoms with Crippen molar-refractivity contribution < 1.29 is 14.8 Å². The Hall–Kier alpha value is -3.77. The summed E-state index contributed by atoms with van der Waals surface area (Å²) < 4.78 is 1.87. The second-order valence-electron chi connectivity index (χ2n) is 8.47. The molecule has 2 aromatic carbocycles. The summed E-state index contributed by atoms with van der Waals surface area (Å²) in [7, 11) is -1.53. The molecule has 0 spiro atoms. The topological polar surface area (TPSA) is 164 Å². The highest BCUT2D eigenvalue weighted by atomic mass is 16.4. The van der Waals surface area contributed by atoms with Crippen LogP contribution in [0, 0.1) is 0 Å². The molecule has 5 rings (SSSR count). The maximum absolute atomic E-state index is 12.0. The molecule has 0 radical (unpaired) electrons. The number of aromatic nitrogens is 3. The molecule has 35 heavy (non-hydrogen) atoms. The summed E-state index contributed by atoms with van der Waals surface area (Å²) in [6.45, 7) is 2.10. The van der Waals surface area contributed by atoms with E-state index in [0.717, 1.165) is 41.0 Å². The fourth-order valence-electron chi connectivity index (χ4n) is 4.53. The molecule has 0 aliphatic carbocycles. The van der Waals surface area contributed by atoms with Crippen LogP contribution in [-0.4, -0.2) is 44.2 Å². The van der Waals surface area contributed by atoms with E-state index in [1.165, 1.54) is 0 Å². The van der Waals surface area contributed by atoms with Crippen LogP contribution in [0.1, 0.15) is 32.9 Å². The lowest BCUT2D eigenvalue weighted by Crippen LogP contribution is -2.30. The summed E-state index contributed by atoms with van der Waals surface area (Å²) in [6.07, 6.45) is 0.773. The van der Waals surface area contributed by atoms with Crippen LogP contribution in [0.25, 0.3) is 16.9 Å². The largest absolute Gasteiger partial charge is 0.488 e. The Labute approximate surface area is 202 Å². The molecule has 0 bridgehead atoms. The maximum atomic E-state index is 12.0. The minimum atomic E-state index is -1.53. The Morgan fingerprint density at radius 3 is 2.77 bits per heavy atom. The Bertz CT molecular complexity index is 1420. The number of carbonyl (C=O) groups excluding carboxylic acids is 1. The molecule has 178 valence electrons. The maximum Gasteiger partial charge on any atom is 0.488 e. The van der Waals surface area contributed by atoms with Gasteiger partial charge in [-0.2, -0.15) is 4.98 Å². The molecule has 0 saturated carbocycles. The minimum Gasteiger partial charge on any atom is -0.423 e. The van der Waals surface area contributed by atoms with E-state index in [4.69, 9.17) is 21.4 Å². The van der Waals surface area contributed by atoms with Gasteiger partial charge in [0, 0.05) is 41.8 Å². The van der Waals surface area contributed by atoms with Gasteiger partial charge in [0.1, 0.15) is 5.82 Å². The fourth-order valence-corrected chi connectivity index (χ4v) is 4.53. The van der Waals surface area contributed by atoms with Crippen molar-refractivity contribution in [3.8, 4) is 5.95 Å². The first-order valence-electron chi connectivity index (χ1n) is 11.4. The third kappa shape index (κ3) is 4.37. The van der Waals surface area contributed by atoms with Gasteiger partial charge in [0.15, 0.2) is 0 Å². The highest BCUT2D eigenvalue weighted by molar-refractivity contribution is 6.58. The average Bonchev–Trinajstić information content (AvgIpc) is 3.26. The van der Waals surface area contributed by atoms with Gasteiger partial charge < -0.3 is 32.1 Å². The molecule has 1 aliphatic heterocycles. The molecule has 2 aromatic heterocycles. The Morgan fingerprint density at radius 2 is 2.00 bits per heavy atom. The van der Waals surface area contributed by atoms with Crippen LogP contribution >= 0.6 is 0 Å². The number of nitrogens with zero attached hydrogens (tertiary/aromatic N) is 3. The van der Waals surface area contributed by atoms with Gasteiger partial charge in [0.05, 0.1) is 11.2 Å². The van der Waals surface area contributed by atoms with Crippen LogP contribution < -0.4 is 27.6 Å². The van der Waals surface area contributed by atoms with E-state index in [1.807, 2.05) is 22.8 Å². The summed E-state index contributed by atoms with van der Waals surface area (Å²) in [5.41, 5.74) is 16.8. The van der Waals surface area contributed by atoms with E-state index in [0.29, 0.717) is 41.3 Å². The van der Waals surface area contributed by atoms with Crippen LogP contribution in [-0.2, 0) is 26.1 Å². The van der Waals surface area contributed by atoms with Crippen molar-refractivity contribution in [3.05, 3.63) is 76.6 Å². The third-order valence-corrected chi connectivity index (χ3v) is 6.23. The van der Waals surface area contributed by atoms with E-state index in [2.05, 4.69) is 10.6 Å². The number of amides is 1. The van der Waals surface area contributed by atoms with Crippen LogP contribution in [0.3, 0.4) is 0 Å². The van der Waals surface area contributed by atoms with E-state index in [1.54, 1.807) is 30.3 Å². The van der Waals surface area contributed by atoms with Crippen molar-refractivity contribution >= 4 is 35.2 Å². The number of rotatable bonds is 7. The van der Waals surface area contributed by atoms with Crippen LogP contribution in [0.4, 0.5) is 5.82 Å². The van der Waals surface area contributed by atoms with Crippen LogP contribution in [0.2, 0.25) is 0 Å². The minimum absolute atomic E-state index is 0.227. The van der Waals surface area contributed by atoms with Gasteiger partial charge in [-0.25, -0.2) is 4.98 Å². The van der Waals surface area contributed by atoms with Crippen molar-refractivity contribution in [1.82, 2.24) is 19.9 Å². The zero-order valence-electron chi connectivity index (χ0n) is 19.0. The quantitative estimate of drug-likeness (QED) is 0.204. The average molecular weight is 471 g/mol. The van der Waals surface area contributed by atoms with Crippen molar-refractivity contribution in [1.29, 1.82) is 0 Å². The molecule has 0 saturated heterocycles. The van der Waals surface area contributed by atoms with Crippen molar-refractivity contribution in [2.45, 2.75) is 26.1 Å². The highest BCUT2D eigenvalue weighted by Gasteiger charge is 2.22. The van der Waals surface area contributed by atoms with Gasteiger partial charge in [-0.3, -0.25) is 9.36 Å². The molecule has 0 unspecified atom stereocenters. The molecular weight excluding hydrogens is 445 g/mol. The SMILES string of the molecule is NCc1cc2c(C(N)=O)cccc2n1-c1nc2c(c(NCc3cccc(B(O)O)c3)n1)CCNC2. The van der Waals surface area contributed by atoms with Gasteiger partial charge >= 0.3 is 7.12 Å². The number of nitrogens with two attached hydrogens (primary N) is 2. The molecule has 3 heterocycles. The number of anilines is 1. The summed E-state index contributed by atoms with van der Waals surface area (Å²) >= 11 is 0. The second kappa shape index (κ2) is 9.47. The van der Waals surface area contributed by atoms with E-state index in [9.17, 15) is 14.8 Å². The number of carbonyl (C=O) groups is 1. The number of benzene rings is 2. The number of primary amides is 1. The smallest absolute Gasteiger partial charge is 0.423 e. The lowest BCUT2D eigenvalue weighted by Gasteiger charge is -2.21. The monoisotopic (exact) mass is 471 g/mol. The zero-order chi connectivity index (χ0) is 24.5. The molecule has 8 N–H and O–H groups in total. The van der Waals surface area contributed by atoms with Gasteiger partial charge in [0.2, 0.25) is 11.9 Å². The van der Waals surface area contributed by atoms with E-state index in [-0.39, 0.29) is 6.54 Å². The van der Waals surface area contributed by atoms with Gasteiger partial charge in [-0.05, 0) is 42.2 Å². The third-order valence-electron chi connectivity index (χ3n) is 6.23. The van der Waals surface area contributed by atoms with Crippen molar-refractivity contribution in [2.24, 2.45) is 11.5 Å². The summed E-state index contributed by atoms with van der Waals surface area (Å²) in [5.74, 6) is 0.647. The molecule has 10 nitrogen and oxygen atoms in total. The first-order valence-corrected chi connectivity index (χ1v) is 11.4. The first-order chi connectivity index (χ1) is 17.0. The molecule has 4 aromatic rings. The molecule has 0 fully saturated rings. The molecule has 1 amide bonds. The number of hydrogen-bond donors (Lipinski definition) is 6. The molecule has 0 atom stereocenters. The Kier molecular flexibility index (Phi) is 6.22. The first kappa shape index (κ1) is 23.0. The highest BCUT2D eigenvalue weighted by Crippen LogP contribution is 2.28. The fraction of sp³-hybridized carbons (Fsp3) is 0.208. The van der Waals surface area contributed by atoms with Gasteiger partial charge in [-0.15, -0.1) is 0 Å². The normalized spacial score (nSPS) is 13.0. The number of hydrogen-bond acceptors (Lipinski definition) is 8. The standard InChI is InChI=1S/C24H26BN7O3/c26-11-16-10-19-17(22(27)33)5-2-6-21(19)32(16)24-30-20-13-28-8-7-18(20)23(31-24)29-12-14-3-1-4-15(9-14)25(34)35/h1-6,9-10,28,34-35H,7-8,11-13,26H2,(H2,27,33)(H,29,30,31).